The lowest BCUT2D eigenvalue weighted by Crippen LogP contribution is -2.32. The highest BCUT2D eigenvalue weighted by Gasteiger charge is 2.39. The number of nitrogens with zero attached hydrogens (tertiary/aromatic N) is 2. The summed E-state index contributed by atoms with van der Waals surface area (Å²) >= 11 is 0. The van der Waals surface area contributed by atoms with Crippen LogP contribution in [0.5, 0.6) is 11.5 Å². The first kappa shape index (κ1) is 21.0. The zero-order valence-electron chi connectivity index (χ0n) is 17.5. The van der Waals surface area contributed by atoms with Gasteiger partial charge in [0.05, 0.1) is 26.3 Å². The fourth-order valence-corrected chi connectivity index (χ4v) is 3.44. The second kappa shape index (κ2) is 8.89. The van der Waals surface area contributed by atoms with E-state index in [1.54, 1.807) is 42.7 Å². The van der Waals surface area contributed by atoms with Gasteiger partial charge in [-0.05, 0) is 59.7 Å². The number of nitrogens with one attached hydrogen (secondary N) is 1. The van der Waals surface area contributed by atoms with Gasteiger partial charge in [-0.1, -0.05) is 6.07 Å². The SMILES string of the molecule is COc1ccc(C2=C(Nc3ccc(F)cc3)C(=O)N(Cc3ccncc3)C2=O)cc1OC. The third kappa shape index (κ3) is 4.02. The highest BCUT2D eigenvalue weighted by Crippen LogP contribution is 2.36. The first-order valence-electron chi connectivity index (χ1n) is 9.76. The summed E-state index contributed by atoms with van der Waals surface area (Å²) in [5, 5.41) is 3.00. The van der Waals surface area contributed by atoms with E-state index in [9.17, 15) is 14.0 Å². The van der Waals surface area contributed by atoms with Crippen LogP contribution < -0.4 is 14.8 Å². The number of hydrogen-bond donors (Lipinski definition) is 1. The van der Waals surface area contributed by atoms with E-state index in [2.05, 4.69) is 10.3 Å². The molecule has 3 aromatic rings. The average Bonchev–Trinajstić information content (AvgIpc) is 3.05. The molecule has 0 aliphatic carbocycles. The van der Waals surface area contributed by atoms with Gasteiger partial charge in [-0.2, -0.15) is 0 Å². The molecule has 0 fully saturated rings. The summed E-state index contributed by atoms with van der Waals surface area (Å²) in [6.07, 6.45) is 3.20. The van der Waals surface area contributed by atoms with Crippen molar-refractivity contribution in [2.24, 2.45) is 0 Å². The van der Waals surface area contributed by atoms with Crippen LogP contribution >= 0.6 is 0 Å². The molecular weight excluding hydrogens is 413 g/mol. The third-order valence-corrected chi connectivity index (χ3v) is 5.04. The Balaban J connectivity index is 1.78. The molecule has 0 saturated carbocycles. The fraction of sp³-hybridized carbons (Fsp3) is 0.125. The number of carbonyl (C=O) groups is 2. The molecule has 2 amide bonds. The Bertz CT molecular complexity index is 1190. The molecule has 0 radical (unpaired) electrons. The number of benzene rings is 2. The molecule has 1 aliphatic rings. The van der Waals surface area contributed by atoms with Crippen molar-refractivity contribution in [2.75, 3.05) is 19.5 Å². The van der Waals surface area contributed by atoms with Crippen LogP contribution in [0, 0.1) is 5.82 Å². The molecular formula is C24H20FN3O4. The van der Waals surface area contributed by atoms with Crippen molar-refractivity contribution in [1.82, 2.24) is 9.88 Å². The zero-order chi connectivity index (χ0) is 22.7. The number of amides is 2. The lowest BCUT2D eigenvalue weighted by atomic mass is 10.0. The van der Waals surface area contributed by atoms with E-state index in [4.69, 9.17) is 9.47 Å². The molecule has 2 aromatic carbocycles. The topological polar surface area (TPSA) is 80.8 Å². The van der Waals surface area contributed by atoms with Crippen molar-refractivity contribution in [3.05, 3.63) is 89.6 Å². The maximum atomic E-state index is 13.4. The fourth-order valence-electron chi connectivity index (χ4n) is 3.44. The maximum absolute atomic E-state index is 13.4. The minimum Gasteiger partial charge on any atom is -0.493 e. The van der Waals surface area contributed by atoms with Crippen LogP contribution in [0.1, 0.15) is 11.1 Å². The number of ether oxygens (including phenoxy) is 2. The van der Waals surface area contributed by atoms with Gasteiger partial charge in [-0.25, -0.2) is 4.39 Å². The van der Waals surface area contributed by atoms with E-state index in [1.807, 2.05) is 0 Å². The van der Waals surface area contributed by atoms with E-state index in [0.717, 1.165) is 10.5 Å². The number of aromatic nitrogens is 1. The van der Waals surface area contributed by atoms with Crippen LogP contribution in [-0.4, -0.2) is 35.9 Å². The minimum absolute atomic E-state index is 0.0889. The largest absolute Gasteiger partial charge is 0.493 e. The Morgan fingerprint density at radius 1 is 0.906 bits per heavy atom. The molecule has 1 aromatic heterocycles. The molecule has 162 valence electrons. The summed E-state index contributed by atoms with van der Waals surface area (Å²) in [5.41, 5.74) is 2.02. The summed E-state index contributed by atoms with van der Waals surface area (Å²) in [6, 6.07) is 14.0. The molecule has 8 heteroatoms. The number of carbonyl (C=O) groups excluding carboxylic acids is 2. The Morgan fingerprint density at radius 3 is 2.25 bits per heavy atom. The van der Waals surface area contributed by atoms with Gasteiger partial charge >= 0.3 is 0 Å². The lowest BCUT2D eigenvalue weighted by Gasteiger charge is -2.15. The van der Waals surface area contributed by atoms with Crippen LogP contribution in [0.3, 0.4) is 0 Å². The van der Waals surface area contributed by atoms with Gasteiger partial charge in [0.1, 0.15) is 11.5 Å². The van der Waals surface area contributed by atoms with E-state index in [1.165, 1.54) is 38.5 Å². The zero-order valence-corrected chi connectivity index (χ0v) is 17.5. The van der Waals surface area contributed by atoms with Crippen molar-refractivity contribution in [3.8, 4) is 11.5 Å². The molecule has 7 nitrogen and oxygen atoms in total. The van der Waals surface area contributed by atoms with E-state index >= 15 is 0 Å². The Hall–Kier alpha value is -4.20. The Morgan fingerprint density at radius 2 is 1.59 bits per heavy atom. The van der Waals surface area contributed by atoms with Crippen LogP contribution in [0.4, 0.5) is 10.1 Å². The summed E-state index contributed by atoms with van der Waals surface area (Å²) in [6.45, 7) is 0.0889. The van der Waals surface area contributed by atoms with Gasteiger partial charge < -0.3 is 14.8 Å². The molecule has 1 aliphatic heterocycles. The first-order chi connectivity index (χ1) is 15.5. The smallest absolute Gasteiger partial charge is 0.278 e. The summed E-state index contributed by atoms with van der Waals surface area (Å²) in [5.74, 6) is -0.427. The minimum atomic E-state index is -0.485. The van der Waals surface area contributed by atoms with Crippen molar-refractivity contribution in [2.45, 2.75) is 6.54 Å². The molecule has 0 saturated heterocycles. The van der Waals surface area contributed by atoms with Crippen molar-refractivity contribution in [1.29, 1.82) is 0 Å². The lowest BCUT2D eigenvalue weighted by molar-refractivity contribution is -0.137. The number of hydrogen-bond acceptors (Lipinski definition) is 6. The van der Waals surface area contributed by atoms with Gasteiger partial charge in [0.15, 0.2) is 11.5 Å². The average molecular weight is 433 g/mol. The van der Waals surface area contributed by atoms with Gasteiger partial charge in [0.2, 0.25) is 0 Å². The molecule has 0 bridgehead atoms. The second-order valence-electron chi connectivity index (χ2n) is 7.00. The highest BCUT2D eigenvalue weighted by molar-refractivity contribution is 6.36. The van der Waals surface area contributed by atoms with Crippen LogP contribution in [0.25, 0.3) is 5.57 Å². The molecule has 2 heterocycles. The van der Waals surface area contributed by atoms with Crippen molar-refractivity contribution >= 4 is 23.1 Å². The maximum Gasteiger partial charge on any atom is 0.278 e. The van der Waals surface area contributed by atoms with Crippen LogP contribution in [-0.2, 0) is 16.1 Å². The summed E-state index contributed by atoms with van der Waals surface area (Å²) < 4.78 is 24.0. The van der Waals surface area contributed by atoms with E-state index < -0.39 is 17.6 Å². The summed E-state index contributed by atoms with van der Waals surface area (Å²) in [7, 11) is 3.00. The first-order valence-corrected chi connectivity index (χ1v) is 9.76. The second-order valence-corrected chi connectivity index (χ2v) is 7.00. The molecule has 32 heavy (non-hydrogen) atoms. The molecule has 0 spiro atoms. The van der Waals surface area contributed by atoms with Crippen LogP contribution in [0.2, 0.25) is 0 Å². The summed E-state index contributed by atoms with van der Waals surface area (Å²) in [4.78, 5) is 31.8. The predicted octanol–water partition coefficient (Wildman–Crippen LogP) is 3.63. The predicted molar refractivity (Wildman–Crippen MR) is 116 cm³/mol. The quantitative estimate of drug-likeness (QED) is 0.573. The van der Waals surface area contributed by atoms with Gasteiger partial charge in [0.25, 0.3) is 11.8 Å². The number of methoxy groups -OCH3 is 2. The normalized spacial score (nSPS) is 13.5. The number of pyridine rings is 1. The Labute approximate surface area is 184 Å². The monoisotopic (exact) mass is 433 g/mol. The highest BCUT2D eigenvalue weighted by atomic mass is 19.1. The number of rotatable bonds is 7. The van der Waals surface area contributed by atoms with Crippen molar-refractivity contribution < 1.29 is 23.5 Å². The van der Waals surface area contributed by atoms with Crippen molar-refractivity contribution in [3.63, 3.8) is 0 Å². The number of halogens is 1. The van der Waals surface area contributed by atoms with E-state index in [0.29, 0.717) is 22.7 Å². The van der Waals surface area contributed by atoms with Gasteiger partial charge in [-0.3, -0.25) is 19.5 Å². The molecule has 1 N–H and O–H groups in total. The third-order valence-electron chi connectivity index (χ3n) is 5.04. The number of anilines is 1. The van der Waals surface area contributed by atoms with Crippen LogP contribution in [0.15, 0.2) is 72.7 Å². The molecule has 0 unspecified atom stereocenters. The van der Waals surface area contributed by atoms with E-state index in [-0.39, 0.29) is 17.8 Å². The number of imide groups is 1. The standard InChI is InChI=1S/C24H20FN3O4/c1-31-19-8-3-16(13-20(19)32-2)21-22(27-18-6-4-17(25)5-7-18)24(30)28(23(21)29)14-15-9-11-26-12-10-15/h3-13,27H,14H2,1-2H3. The van der Waals surface area contributed by atoms with Gasteiger partial charge in [0, 0.05) is 18.1 Å². The molecule has 0 atom stereocenters. The Kier molecular flexibility index (Phi) is 5.85. The van der Waals surface area contributed by atoms with Gasteiger partial charge in [-0.15, -0.1) is 0 Å². The molecule has 4 rings (SSSR count).